The molecule has 0 saturated carbocycles. The summed E-state index contributed by atoms with van der Waals surface area (Å²) in [5.41, 5.74) is 0.358. The molecule has 0 aromatic heterocycles. The van der Waals surface area contributed by atoms with Crippen molar-refractivity contribution in [1.82, 2.24) is 0 Å². The summed E-state index contributed by atoms with van der Waals surface area (Å²) in [5.74, 6) is -1.45. The van der Waals surface area contributed by atoms with Crippen molar-refractivity contribution in [3.63, 3.8) is 0 Å². The minimum atomic E-state index is -2.33. The quantitative estimate of drug-likeness (QED) is 0.309. The maximum absolute atomic E-state index is 11.5. The van der Waals surface area contributed by atoms with Crippen molar-refractivity contribution in [2.45, 2.75) is 66.0 Å². The van der Waals surface area contributed by atoms with Gasteiger partial charge in [-0.3, -0.25) is 0 Å². The van der Waals surface area contributed by atoms with E-state index in [0.717, 1.165) is 6.04 Å². The minimum absolute atomic E-state index is 0.0919. The van der Waals surface area contributed by atoms with Crippen molar-refractivity contribution >= 4 is 14.5 Å². The molecule has 0 bridgehead atoms. The molecule has 0 aromatic rings. The van der Waals surface area contributed by atoms with Gasteiger partial charge in [-0.1, -0.05) is 13.5 Å². The first-order valence-electron chi connectivity index (χ1n) is 6.28. The van der Waals surface area contributed by atoms with Crippen molar-refractivity contribution in [2.75, 3.05) is 0 Å². The Morgan fingerprint density at radius 3 is 2.22 bits per heavy atom. The van der Waals surface area contributed by atoms with Gasteiger partial charge in [0.1, 0.15) is 0 Å². The van der Waals surface area contributed by atoms with Gasteiger partial charge in [0.15, 0.2) is 0 Å². The monoisotopic (exact) mass is 274 g/mol. The van der Waals surface area contributed by atoms with E-state index in [1.54, 1.807) is 20.8 Å². The summed E-state index contributed by atoms with van der Waals surface area (Å²) in [5, 5.41) is 0. The third kappa shape index (κ3) is 6.33. The zero-order chi connectivity index (χ0) is 14.6. The molecule has 4 nitrogen and oxygen atoms in total. The predicted molar refractivity (Wildman–Crippen MR) is 74.4 cm³/mol. The Bertz CT molecular complexity index is 312. The lowest BCUT2D eigenvalue weighted by Gasteiger charge is -2.36. The first-order chi connectivity index (χ1) is 8.01. The molecule has 106 valence electrons. The van der Waals surface area contributed by atoms with Gasteiger partial charge in [-0.15, -0.1) is 0 Å². The molecule has 0 aliphatic rings. The Balaban J connectivity index is 4.71. The third-order valence-electron chi connectivity index (χ3n) is 2.28. The zero-order valence-electron chi connectivity index (χ0n) is 12.6. The van der Waals surface area contributed by atoms with E-state index >= 15 is 0 Å². The predicted octanol–water partition coefficient (Wildman–Crippen LogP) is 3.38. The van der Waals surface area contributed by atoms with Crippen LogP contribution in [-0.2, 0) is 18.4 Å². The van der Waals surface area contributed by atoms with Crippen molar-refractivity contribution in [1.29, 1.82) is 0 Å². The van der Waals surface area contributed by atoms with Crippen LogP contribution in [0, 0.1) is 0 Å². The van der Waals surface area contributed by atoms with E-state index in [-0.39, 0.29) is 6.10 Å². The van der Waals surface area contributed by atoms with Crippen LogP contribution < -0.4 is 0 Å². The van der Waals surface area contributed by atoms with Crippen LogP contribution in [0.4, 0.5) is 0 Å². The van der Waals surface area contributed by atoms with Crippen molar-refractivity contribution in [3.8, 4) is 0 Å². The van der Waals surface area contributed by atoms with Crippen LogP contribution in [0.5, 0.6) is 0 Å². The third-order valence-corrected chi connectivity index (χ3v) is 5.45. The average molecular weight is 274 g/mol. The van der Waals surface area contributed by atoms with Crippen LogP contribution >= 0.6 is 0 Å². The van der Waals surface area contributed by atoms with Gasteiger partial charge in [0, 0.05) is 25.5 Å². The highest BCUT2D eigenvalue weighted by molar-refractivity contribution is 6.66. The molecule has 0 spiro atoms. The number of esters is 1. The molecular formula is C13H26O4Si. The Labute approximate surface area is 112 Å². The maximum Gasteiger partial charge on any atom is 0.337 e. The van der Waals surface area contributed by atoms with Crippen molar-refractivity contribution in [3.05, 3.63) is 12.2 Å². The van der Waals surface area contributed by atoms with Crippen LogP contribution in [0.1, 0.15) is 41.5 Å². The largest absolute Gasteiger partial charge is 0.431 e. The topological polar surface area (TPSA) is 44.8 Å². The SMILES string of the molecule is C=C(C)C(=O)OC(C)(C)O[Si](C)(CC)OC(C)C. The summed E-state index contributed by atoms with van der Waals surface area (Å²) >= 11 is 0. The number of carbonyl (C=O) groups is 1. The smallest absolute Gasteiger partial charge is 0.337 e. The van der Waals surface area contributed by atoms with Crippen LogP contribution in [0.2, 0.25) is 12.6 Å². The van der Waals surface area contributed by atoms with Gasteiger partial charge in [-0.2, -0.15) is 0 Å². The number of ether oxygens (including phenoxy) is 1. The number of carbonyl (C=O) groups excluding carboxylic acids is 1. The molecule has 0 rings (SSSR count). The maximum atomic E-state index is 11.5. The first-order valence-corrected chi connectivity index (χ1v) is 8.80. The highest BCUT2D eigenvalue weighted by atomic mass is 28.4. The fourth-order valence-corrected chi connectivity index (χ4v) is 3.97. The molecule has 0 heterocycles. The molecular weight excluding hydrogens is 248 g/mol. The second-order valence-electron chi connectivity index (χ2n) is 5.33. The second kappa shape index (κ2) is 6.50. The molecule has 0 aromatic carbocycles. The van der Waals surface area contributed by atoms with E-state index in [2.05, 4.69) is 6.58 Å². The van der Waals surface area contributed by atoms with Gasteiger partial charge in [0.05, 0.1) is 0 Å². The summed E-state index contributed by atoms with van der Waals surface area (Å²) in [6.07, 6.45) is 0.0919. The molecule has 0 radical (unpaired) electrons. The van der Waals surface area contributed by atoms with E-state index in [1.165, 1.54) is 0 Å². The summed E-state index contributed by atoms with van der Waals surface area (Å²) in [7, 11) is -2.33. The van der Waals surface area contributed by atoms with E-state index in [1.807, 2.05) is 27.3 Å². The molecule has 0 fully saturated rings. The standard InChI is InChI=1S/C13H26O4Si/c1-9-18(8,16-11(4)5)17-13(6,7)15-12(14)10(2)3/h11H,2,9H2,1,3-8H3. The Hall–Kier alpha value is -0.653. The van der Waals surface area contributed by atoms with Crippen molar-refractivity contribution < 1.29 is 18.4 Å². The van der Waals surface area contributed by atoms with Gasteiger partial charge in [-0.25, -0.2) is 4.79 Å². The van der Waals surface area contributed by atoms with E-state index in [4.69, 9.17) is 13.6 Å². The molecule has 1 atom stereocenters. The first kappa shape index (κ1) is 17.3. The average Bonchev–Trinajstić information content (AvgIpc) is 2.14. The van der Waals surface area contributed by atoms with Crippen molar-refractivity contribution in [2.24, 2.45) is 0 Å². The minimum Gasteiger partial charge on any atom is -0.431 e. The lowest BCUT2D eigenvalue weighted by Crippen LogP contribution is -2.48. The summed E-state index contributed by atoms with van der Waals surface area (Å²) in [6, 6.07) is 0.791. The Morgan fingerprint density at radius 1 is 1.39 bits per heavy atom. The molecule has 0 saturated heterocycles. The van der Waals surface area contributed by atoms with Crippen LogP contribution in [0.3, 0.4) is 0 Å². The van der Waals surface area contributed by atoms with Gasteiger partial charge in [-0.05, 0) is 33.4 Å². The summed E-state index contributed by atoms with van der Waals surface area (Å²) in [6.45, 7) is 16.5. The van der Waals surface area contributed by atoms with E-state index in [0.29, 0.717) is 5.57 Å². The number of hydrogen-bond donors (Lipinski definition) is 0. The molecule has 0 amide bonds. The van der Waals surface area contributed by atoms with Gasteiger partial charge >= 0.3 is 14.5 Å². The van der Waals surface area contributed by atoms with E-state index < -0.39 is 20.3 Å². The molecule has 0 aliphatic heterocycles. The molecule has 0 aliphatic carbocycles. The normalized spacial score (nSPS) is 15.3. The van der Waals surface area contributed by atoms with Crippen LogP contribution in [-0.4, -0.2) is 26.4 Å². The number of hydrogen-bond acceptors (Lipinski definition) is 4. The molecule has 18 heavy (non-hydrogen) atoms. The Kier molecular flexibility index (Phi) is 6.26. The fraction of sp³-hybridized carbons (Fsp3) is 0.769. The van der Waals surface area contributed by atoms with Gasteiger partial charge in [0.25, 0.3) is 0 Å². The lowest BCUT2D eigenvalue weighted by atomic mass is 10.3. The highest BCUT2D eigenvalue weighted by Gasteiger charge is 2.39. The molecule has 1 unspecified atom stereocenters. The fourth-order valence-electron chi connectivity index (χ4n) is 1.53. The second-order valence-corrected chi connectivity index (χ2v) is 8.74. The molecule has 0 N–H and O–H groups in total. The zero-order valence-corrected chi connectivity index (χ0v) is 13.6. The molecule has 5 heteroatoms. The lowest BCUT2D eigenvalue weighted by molar-refractivity contribution is -0.188. The van der Waals surface area contributed by atoms with Gasteiger partial charge in [0.2, 0.25) is 5.79 Å². The van der Waals surface area contributed by atoms with Crippen LogP contribution in [0.25, 0.3) is 0 Å². The van der Waals surface area contributed by atoms with Crippen LogP contribution in [0.15, 0.2) is 12.2 Å². The van der Waals surface area contributed by atoms with E-state index in [9.17, 15) is 4.79 Å². The summed E-state index contributed by atoms with van der Waals surface area (Å²) < 4.78 is 17.1. The highest BCUT2D eigenvalue weighted by Crippen LogP contribution is 2.24. The van der Waals surface area contributed by atoms with Gasteiger partial charge < -0.3 is 13.6 Å². The Morgan fingerprint density at radius 2 is 1.89 bits per heavy atom. The number of rotatable bonds is 7. The summed E-state index contributed by atoms with van der Waals surface area (Å²) in [4.78, 5) is 11.5.